The molecule has 5 rings (SSSR count). The van der Waals surface area contributed by atoms with Crippen molar-refractivity contribution in [3.8, 4) is 11.1 Å². The monoisotopic (exact) mass is 476 g/mol. The average Bonchev–Trinajstić information content (AvgIpc) is 3.41. The van der Waals surface area contributed by atoms with Crippen LogP contribution in [0.25, 0.3) is 11.1 Å². The molecular weight excluding hydrogens is 444 g/mol. The molecule has 2 N–H and O–H groups in total. The van der Waals surface area contributed by atoms with Crippen molar-refractivity contribution in [3.05, 3.63) is 59.7 Å². The van der Waals surface area contributed by atoms with E-state index in [0.29, 0.717) is 19.4 Å². The molecule has 0 aromatic heterocycles. The van der Waals surface area contributed by atoms with Gasteiger partial charge in [0.1, 0.15) is 6.61 Å². The number of amides is 2. The number of fused-ring (bicyclic) bond motifs is 3. The molecule has 1 saturated carbocycles. The Morgan fingerprint density at radius 2 is 1.57 bits per heavy atom. The van der Waals surface area contributed by atoms with E-state index in [1.165, 1.54) is 11.1 Å². The summed E-state index contributed by atoms with van der Waals surface area (Å²) >= 11 is 0. The van der Waals surface area contributed by atoms with Gasteiger partial charge in [-0.1, -0.05) is 68.3 Å². The number of benzene rings is 2. The van der Waals surface area contributed by atoms with Crippen molar-refractivity contribution in [2.75, 3.05) is 19.7 Å². The van der Waals surface area contributed by atoms with E-state index < -0.39 is 18.0 Å². The summed E-state index contributed by atoms with van der Waals surface area (Å²) in [7, 11) is 0. The first kappa shape index (κ1) is 23.4. The fraction of sp³-hybridized carbons (Fsp3) is 0.464. The van der Waals surface area contributed by atoms with Crippen molar-refractivity contribution in [2.45, 2.75) is 44.6 Å². The van der Waals surface area contributed by atoms with E-state index in [1.807, 2.05) is 31.2 Å². The molecule has 0 spiro atoms. The van der Waals surface area contributed by atoms with Crippen LogP contribution in [0.15, 0.2) is 48.5 Å². The summed E-state index contributed by atoms with van der Waals surface area (Å²) in [6.45, 7) is 2.79. The molecule has 2 fully saturated rings. The molecule has 2 unspecified atom stereocenters. The summed E-state index contributed by atoms with van der Waals surface area (Å²) in [5.74, 6) is -1.88. The minimum atomic E-state index is -0.857. The Kier molecular flexibility index (Phi) is 6.50. The first-order valence-electron chi connectivity index (χ1n) is 12.6. The second-order valence-corrected chi connectivity index (χ2v) is 10.1. The van der Waals surface area contributed by atoms with E-state index in [9.17, 15) is 19.5 Å². The van der Waals surface area contributed by atoms with Crippen molar-refractivity contribution in [2.24, 2.45) is 17.8 Å². The highest BCUT2D eigenvalue weighted by Gasteiger charge is 2.42. The SMILES string of the molecule is CC1CN(C(=O)[C@H]2CCCC[C@H]2NC(=O)OCC2c3ccccc3-c3ccccc32)CC1C(=O)O. The number of nitrogens with one attached hydrogen (secondary N) is 1. The Morgan fingerprint density at radius 3 is 2.20 bits per heavy atom. The van der Waals surface area contributed by atoms with Gasteiger partial charge in [-0.2, -0.15) is 0 Å². The molecule has 1 heterocycles. The van der Waals surface area contributed by atoms with Gasteiger partial charge in [-0.25, -0.2) is 4.79 Å². The number of ether oxygens (including phenoxy) is 1. The molecule has 2 aromatic rings. The number of carboxylic acid groups (broad SMARTS) is 1. The molecule has 7 nitrogen and oxygen atoms in total. The lowest BCUT2D eigenvalue weighted by molar-refractivity contribution is -0.142. The highest BCUT2D eigenvalue weighted by Crippen LogP contribution is 2.44. The first-order chi connectivity index (χ1) is 16.9. The van der Waals surface area contributed by atoms with Crippen LogP contribution < -0.4 is 5.32 Å². The summed E-state index contributed by atoms with van der Waals surface area (Å²) < 4.78 is 5.71. The van der Waals surface area contributed by atoms with Gasteiger partial charge in [-0.3, -0.25) is 9.59 Å². The van der Waals surface area contributed by atoms with E-state index in [4.69, 9.17) is 4.74 Å². The number of rotatable bonds is 5. The molecule has 2 aromatic carbocycles. The molecule has 0 radical (unpaired) electrons. The quantitative estimate of drug-likeness (QED) is 0.672. The largest absolute Gasteiger partial charge is 0.481 e. The fourth-order valence-corrected chi connectivity index (χ4v) is 6.09. The number of carbonyl (C=O) groups is 3. The van der Waals surface area contributed by atoms with Crippen molar-refractivity contribution in [1.29, 1.82) is 0 Å². The predicted molar refractivity (Wildman–Crippen MR) is 131 cm³/mol. The van der Waals surface area contributed by atoms with Crippen LogP contribution in [0, 0.1) is 17.8 Å². The Hall–Kier alpha value is -3.35. The third-order valence-electron chi connectivity index (χ3n) is 7.97. The molecule has 35 heavy (non-hydrogen) atoms. The van der Waals surface area contributed by atoms with E-state index in [0.717, 1.165) is 24.0 Å². The third kappa shape index (κ3) is 4.51. The van der Waals surface area contributed by atoms with Crippen LogP contribution in [0.5, 0.6) is 0 Å². The summed E-state index contributed by atoms with van der Waals surface area (Å²) in [6.07, 6.45) is 2.76. The van der Waals surface area contributed by atoms with Crippen LogP contribution in [0.1, 0.15) is 49.7 Å². The molecule has 4 atom stereocenters. The molecule has 184 valence electrons. The third-order valence-corrected chi connectivity index (χ3v) is 7.97. The lowest BCUT2D eigenvalue weighted by atomic mass is 9.83. The van der Waals surface area contributed by atoms with Gasteiger partial charge < -0.3 is 20.1 Å². The minimum absolute atomic E-state index is 0.0176. The van der Waals surface area contributed by atoms with Crippen LogP contribution in [0.3, 0.4) is 0 Å². The molecule has 1 saturated heterocycles. The van der Waals surface area contributed by atoms with E-state index in [1.54, 1.807) is 4.90 Å². The van der Waals surface area contributed by atoms with Gasteiger partial charge in [0.2, 0.25) is 5.91 Å². The van der Waals surface area contributed by atoms with Crippen LogP contribution in [-0.4, -0.2) is 53.7 Å². The molecular formula is C28H32N2O5. The van der Waals surface area contributed by atoms with E-state index in [-0.39, 0.29) is 42.9 Å². The van der Waals surface area contributed by atoms with Gasteiger partial charge >= 0.3 is 12.1 Å². The van der Waals surface area contributed by atoms with Gasteiger partial charge in [0.25, 0.3) is 0 Å². The van der Waals surface area contributed by atoms with Crippen LogP contribution in [-0.2, 0) is 14.3 Å². The van der Waals surface area contributed by atoms with Gasteiger partial charge in [-0.15, -0.1) is 0 Å². The summed E-state index contributed by atoms with van der Waals surface area (Å²) in [5, 5.41) is 12.4. The number of aliphatic carboxylic acids is 1. The normalized spacial score (nSPS) is 25.6. The number of likely N-dealkylation sites (tertiary alicyclic amines) is 1. The smallest absolute Gasteiger partial charge is 0.407 e. The van der Waals surface area contributed by atoms with E-state index in [2.05, 4.69) is 29.6 Å². The van der Waals surface area contributed by atoms with Crippen LogP contribution in [0.4, 0.5) is 4.79 Å². The molecule has 2 amide bonds. The standard InChI is InChI=1S/C28H32N2O5/c1-17-14-30(15-23(17)27(32)33)26(31)22-12-6-7-13-25(22)29-28(34)35-16-24-20-10-4-2-8-18(20)19-9-3-5-11-21(19)24/h2-5,8-11,17,22-25H,6-7,12-16H2,1H3,(H,29,34)(H,32,33)/t17?,22-,23?,25+/m0/s1. The van der Waals surface area contributed by atoms with Crippen LogP contribution in [0.2, 0.25) is 0 Å². The number of carboxylic acids is 1. The topological polar surface area (TPSA) is 95.9 Å². The maximum atomic E-state index is 13.3. The number of hydrogen-bond donors (Lipinski definition) is 2. The highest BCUT2D eigenvalue weighted by molar-refractivity contribution is 5.83. The minimum Gasteiger partial charge on any atom is -0.481 e. The molecule has 7 heteroatoms. The fourth-order valence-electron chi connectivity index (χ4n) is 6.09. The van der Waals surface area contributed by atoms with E-state index >= 15 is 0 Å². The van der Waals surface area contributed by atoms with Crippen molar-refractivity contribution < 1.29 is 24.2 Å². The van der Waals surface area contributed by atoms with Gasteiger partial charge in [0.15, 0.2) is 0 Å². The maximum absolute atomic E-state index is 13.3. The average molecular weight is 477 g/mol. The second-order valence-electron chi connectivity index (χ2n) is 10.1. The number of hydrogen-bond acceptors (Lipinski definition) is 4. The molecule has 1 aliphatic heterocycles. The Bertz CT molecular complexity index is 1090. The predicted octanol–water partition coefficient (Wildman–Crippen LogP) is 4.26. The zero-order chi connectivity index (χ0) is 24.5. The van der Waals surface area contributed by atoms with Crippen molar-refractivity contribution >= 4 is 18.0 Å². The van der Waals surface area contributed by atoms with Crippen LogP contribution >= 0.6 is 0 Å². The van der Waals surface area contributed by atoms with Gasteiger partial charge in [-0.05, 0) is 41.0 Å². The van der Waals surface area contributed by atoms with Crippen molar-refractivity contribution in [1.82, 2.24) is 10.2 Å². The Morgan fingerprint density at radius 1 is 0.943 bits per heavy atom. The van der Waals surface area contributed by atoms with Crippen molar-refractivity contribution in [3.63, 3.8) is 0 Å². The first-order valence-corrected chi connectivity index (χ1v) is 12.6. The second kappa shape index (κ2) is 9.72. The zero-order valence-electron chi connectivity index (χ0n) is 20.0. The Labute approximate surface area is 205 Å². The number of nitrogens with zero attached hydrogens (tertiary/aromatic N) is 1. The maximum Gasteiger partial charge on any atom is 0.407 e. The summed E-state index contributed by atoms with van der Waals surface area (Å²) in [4.78, 5) is 39.3. The van der Waals surface area contributed by atoms with Gasteiger partial charge in [0.05, 0.1) is 11.8 Å². The zero-order valence-corrected chi connectivity index (χ0v) is 20.0. The summed E-state index contributed by atoms with van der Waals surface area (Å²) in [6, 6.07) is 16.1. The number of carbonyl (C=O) groups excluding carboxylic acids is 2. The number of alkyl carbamates (subject to hydrolysis) is 1. The molecule has 0 bridgehead atoms. The molecule has 2 aliphatic carbocycles. The molecule has 3 aliphatic rings. The highest BCUT2D eigenvalue weighted by atomic mass is 16.5. The van der Waals surface area contributed by atoms with Gasteiger partial charge in [0, 0.05) is 25.0 Å². The lowest BCUT2D eigenvalue weighted by Gasteiger charge is -2.33. The lowest BCUT2D eigenvalue weighted by Crippen LogP contribution is -2.49. The summed E-state index contributed by atoms with van der Waals surface area (Å²) in [5.41, 5.74) is 4.66. The Balaban J connectivity index is 1.22.